The minimum absolute atomic E-state index is 0.0761. The van der Waals surface area contributed by atoms with Gasteiger partial charge in [-0.15, -0.1) is 0 Å². The third-order valence-corrected chi connectivity index (χ3v) is 2.83. The Morgan fingerprint density at radius 3 is 2.80 bits per heavy atom. The zero-order chi connectivity index (χ0) is 14.5. The molecule has 106 valence electrons. The summed E-state index contributed by atoms with van der Waals surface area (Å²) in [5, 5.41) is 14.0. The summed E-state index contributed by atoms with van der Waals surface area (Å²) in [6, 6.07) is 2.44. The molecule has 0 spiro atoms. The summed E-state index contributed by atoms with van der Waals surface area (Å²) in [6.45, 7) is 1.19. The fraction of sp³-hybridized carbons (Fsp3) is 0.333. The molecule has 2 heterocycles. The summed E-state index contributed by atoms with van der Waals surface area (Å²) in [5.74, 6) is -1.20. The smallest absolute Gasteiger partial charge is 0.354 e. The third-order valence-electron chi connectivity index (χ3n) is 2.83. The normalized spacial score (nSPS) is 15.2. The number of aromatic carboxylic acids is 1. The van der Waals surface area contributed by atoms with E-state index in [1.807, 2.05) is 0 Å². The van der Waals surface area contributed by atoms with Gasteiger partial charge in [0.25, 0.3) is 0 Å². The monoisotopic (exact) mass is 278 g/mol. The molecule has 0 radical (unpaired) electrons. The van der Waals surface area contributed by atoms with Crippen molar-refractivity contribution < 1.29 is 19.5 Å². The Labute approximate surface area is 114 Å². The largest absolute Gasteiger partial charge is 0.477 e. The maximum atomic E-state index is 12.0. The molecule has 3 N–H and O–H groups in total. The van der Waals surface area contributed by atoms with Crippen molar-refractivity contribution in [2.75, 3.05) is 25.0 Å². The Hall–Kier alpha value is -2.64. The van der Waals surface area contributed by atoms with Gasteiger partial charge in [0.15, 0.2) is 0 Å². The number of carboxylic acids is 1. The van der Waals surface area contributed by atoms with E-state index in [9.17, 15) is 14.4 Å². The number of anilines is 1. The Kier molecular flexibility index (Phi) is 4.14. The lowest BCUT2D eigenvalue weighted by molar-refractivity contribution is -0.120. The molecule has 1 aromatic rings. The number of nitrogens with one attached hydrogen (secondary N) is 2. The molecule has 0 bridgehead atoms. The van der Waals surface area contributed by atoms with Crippen molar-refractivity contribution in [3.8, 4) is 0 Å². The van der Waals surface area contributed by atoms with Gasteiger partial charge in [-0.1, -0.05) is 0 Å². The molecule has 1 aliphatic rings. The van der Waals surface area contributed by atoms with Crippen molar-refractivity contribution in [1.29, 1.82) is 0 Å². The van der Waals surface area contributed by atoms with Crippen LogP contribution in [0.4, 0.5) is 10.5 Å². The fourth-order valence-corrected chi connectivity index (χ4v) is 1.77. The Balaban J connectivity index is 1.96. The summed E-state index contributed by atoms with van der Waals surface area (Å²) in [4.78, 5) is 39.0. The first-order valence-electron chi connectivity index (χ1n) is 6.08. The minimum atomic E-state index is -1.13. The van der Waals surface area contributed by atoms with Gasteiger partial charge in [-0.3, -0.25) is 4.79 Å². The third kappa shape index (κ3) is 3.44. The second-order valence-electron chi connectivity index (χ2n) is 4.25. The second-order valence-corrected chi connectivity index (χ2v) is 4.25. The fourth-order valence-electron chi connectivity index (χ4n) is 1.77. The standard InChI is InChI=1S/C12H14N4O4/c17-10-3-5-16(6-4-13-10)12(20)15-8-1-2-9(11(18)19)14-7-8/h1-2,7H,3-6H2,(H,13,17)(H,15,20)(H,18,19). The van der Waals surface area contributed by atoms with Crippen LogP contribution < -0.4 is 10.6 Å². The van der Waals surface area contributed by atoms with E-state index in [-0.39, 0.29) is 24.1 Å². The highest BCUT2D eigenvalue weighted by Crippen LogP contribution is 2.08. The number of carboxylic acid groups (broad SMARTS) is 1. The van der Waals surface area contributed by atoms with Gasteiger partial charge in [-0.05, 0) is 12.1 Å². The lowest BCUT2D eigenvalue weighted by Gasteiger charge is -2.19. The topological polar surface area (TPSA) is 112 Å². The summed E-state index contributed by atoms with van der Waals surface area (Å²) in [5.41, 5.74) is 0.316. The van der Waals surface area contributed by atoms with Crippen LogP contribution in [0.25, 0.3) is 0 Å². The molecule has 1 aliphatic heterocycles. The number of aromatic nitrogens is 1. The molecule has 8 heteroatoms. The highest BCUT2D eigenvalue weighted by atomic mass is 16.4. The molecule has 8 nitrogen and oxygen atoms in total. The first kappa shape index (κ1) is 13.8. The van der Waals surface area contributed by atoms with Gasteiger partial charge in [-0.25, -0.2) is 14.6 Å². The van der Waals surface area contributed by atoms with Crippen LogP contribution in [0.2, 0.25) is 0 Å². The van der Waals surface area contributed by atoms with E-state index in [1.165, 1.54) is 23.2 Å². The molecular formula is C12H14N4O4. The van der Waals surface area contributed by atoms with Crippen molar-refractivity contribution in [3.05, 3.63) is 24.0 Å². The lowest BCUT2D eigenvalue weighted by Crippen LogP contribution is -2.37. The van der Waals surface area contributed by atoms with E-state index in [0.29, 0.717) is 25.3 Å². The van der Waals surface area contributed by atoms with E-state index in [2.05, 4.69) is 15.6 Å². The summed E-state index contributed by atoms with van der Waals surface area (Å²) < 4.78 is 0. The van der Waals surface area contributed by atoms with Crippen LogP contribution >= 0.6 is 0 Å². The Morgan fingerprint density at radius 2 is 2.15 bits per heavy atom. The molecule has 0 aromatic carbocycles. The number of hydrogen-bond acceptors (Lipinski definition) is 4. The molecule has 20 heavy (non-hydrogen) atoms. The summed E-state index contributed by atoms with van der Waals surface area (Å²) in [7, 11) is 0. The predicted octanol–water partition coefficient (Wildman–Crippen LogP) is 0.134. The van der Waals surface area contributed by atoms with Crippen LogP contribution in [-0.4, -0.2) is 52.5 Å². The Bertz CT molecular complexity index is 529. The average molecular weight is 278 g/mol. The van der Waals surface area contributed by atoms with Crippen LogP contribution in [0.1, 0.15) is 16.9 Å². The van der Waals surface area contributed by atoms with Crippen molar-refractivity contribution in [1.82, 2.24) is 15.2 Å². The van der Waals surface area contributed by atoms with E-state index in [1.54, 1.807) is 0 Å². The van der Waals surface area contributed by atoms with Crippen molar-refractivity contribution >= 4 is 23.6 Å². The van der Waals surface area contributed by atoms with Gasteiger partial charge in [0.05, 0.1) is 11.9 Å². The van der Waals surface area contributed by atoms with E-state index >= 15 is 0 Å². The highest BCUT2D eigenvalue weighted by Gasteiger charge is 2.18. The first-order chi connectivity index (χ1) is 9.56. The zero-order valence-electron chi connectivity index (χ0n) is 10.6. The van der Waals surface area contributed by atoms with Crippen LogP contribution in [0, 0.1) is 0 Å². The molecule has 0 aliphatic carbocycles. The quantitative estimate of drug-likeness (QED) is 0.712. The van der Waals surface area contributed by atoms with Gasteiger partial charge in [-0.2, -0.15) is 0 Å². The average Bonchev–Trinajstić information content (AvgIpc) is 2.64. The molecule has 0 saturated carbocycles. The number of rotatable bonds is 2. The van der Waals surface area contributed by atoms with E-state index < -0.39 is 5.97 Å². The number of nitrogens with zero attached hydrogens (tertiary/aromatic N) is 2. The number of hydrogen-bond donors (Lipinski definition) is 3. The van der Waals surface area contributed by atoms with Crippen LogP contribution in [0.5, 0.6) is 0 Å². The Morgan fingerprint density at radius 1 is 1.35 bits per heavy atom. The van der Waals surface area contributed by atoms with Gasteiger partial charge in [0, 0.05) is 26.1 Å². The first-order valence-corrected chi connectivity index (χ1v) is 6.08. The molecule has 1 aromatic heterocycles. The number of amides is 3. The van der Waals surface area contributed by atoms with Gasteiger partial charge >= 0.3 is 12.0 Å². The molecule has 0 unspecified atom stereocenters. The van der Waals surface area contributed by atoms with E-state index in [4.69, 9.17) is 5.11 Å². The number of carbonyl (C=O) groups excluding carboxylic acids is 2. The summed E-state index contributed by atoms with van der Waals surface area (Å²) >= 11 is 0. The lowest BCUT2D eigenvalue weighted by atomic mass is 10.3. The van der Waals surface area contributed by atoms with Gasteiger partial charge in [0.2, 0.25) is 5.91 Å². The highest BCUT2D eigenvalue weighted by molar-refractivity contribution is 5.90. The number of urea groups is 1. The van der Waals surface area contributed by atoms with E-state index in [0.717, 1.165) is 0 Å². The van der Waals surface area contributed by atoms with Gasteiger partial charge in [0.1, 0.15) is 5.69 Å². The number of carbonyl (C=O) groups is 3. The van der Waals surface area contributed by atoms with Crippen LogP contribution in [0.3, 0.4) is 0 Å². The van der Waals surface area contributed by atoms with Crippen LogP contribution in [-0.2, 0) is 4.79 Å². The number of pyridine rings is 1. The molecule has 3 amide bonds. The second kappa shape index (κ2) is 6.00. The molecule has 1 fully saturated rings. The molecular weight excluding hydrogens is 264 g/mol. The summed E-state index contributed by atoms with van der Waals surface area (Å²) in [6.07, 6.45) is 1.55. The van der Waals surface area contributed by atoms with Crippen LogP contribution in [0.15, 0.2) is 18.3 Å². The SMILES string of the molecule is O=C1CCN(C(=O)Nc2ccc(C(=O)O)nc2)CCN1. The maximum Gasteiger partial charge on any atom is 0.354 e. The van der Waals surface area contributed by atoms with Gasteiger partial charge < -0.3 is 20.6 Å². The van der Waals surface area contributed by atoms with Crippen molar-refractivity contribution in [2.24, 2.45) is 0 Å². The van der Waals surface area contributed by atoms with Crippen molar-refractivity contribution in [3.63, 3.8) is 0 Å². The minimum Gasteiger partial charge on any atom is -0.477 e. The zero-order valence-corrected chi connectivity index (χ0v) is 10.6. The predicted molar refractivity (Wildman–Crippen MR) is 69.4 cm³/mol. The molecule has 2 rings (SSSR count). The molecule has 0 atom stereocenters. The maximum absolute atomic E-state index is 12.0. The van der Waals surface area contributed by atoms with Crippen molar-refractivity contribution in [2.45, 2.75) is 6.42 Å². The molecule has 1 saturated heterocycles.